The second kappa shape index (κ2) is 3.22. The van der Waals surface area contributed by atoms with E-state index in [4.69, 9.17) is 0 Å². The molecule has 0 saturated heterocycles. The van der Waals surface area contributed by atoms with Gasteiger partial charge in [0.1, 0.15) is 5.78 Å². The van der Waals surface area contributed by atoms with E-state index in [2.05, 4.69) is 20.4 Å². The molecule has 0 heterocycles. The average Bonchev–Trinajstić information content (AvgIpc) is 2.52. The van der Waals surface area contributed by atoms with E-state index in [1.165, 1.54) is 12.8 Å². The molecular formula is C13H20O. The molecule has 78 valence electrons. The van der Waals surface area contributed by atoms with Crippen LogP contribution in [-0.2, 0) is 4.79 Å². The van der Waals surface area contributed by atoms with Gasteiger partial charge in [-0.2, -0.15) is 0 Å². The van der Waals surface area contributed by atoms with Gasteiger partial charge in [-0.3, -0.25) is 4.79 Å². The van der Waals surface area contributed by atoms with Gasteiger partial charge in [-0.05, 0) is 36.5 Å². The number of ketones is 1. The molecule has 4 atom stereocenters. The van der Waals surface area contributed by atoms with Crippen molar-refractivity contribution in [2.24, 2.45) is 23.2 Å². The minimum absolute atomic E-state index is 0.272. The average molecular weight is 192 g/mol. The van der Waals surface area contributed by atoms with E-state index in [-0.39, 0.29) is 11.3 Å². The van der Waals surface area contributed by atoms with Gasteiger partial charge in [0, 0.05) is 12.3 Å². The Hall–Kier alpha value is -0.590. The van der Waals surface area contributed by atoms with Crippen LogP contribution in [0.15, 0.2) is 12.7 Å². The highest BCUT2D eigenvalue weighted by Crippen LogP contribution is 2.56. The van der Waals surface area contributed by atoms with Gasteiger partial charge in [0.05, 0.1) is 0 Å². The quantitative estimate of drug-likeness (QED) is 0.583. The molecule has 0 amide bonds. The first-order valence-corrected chi connectivity index (χ1v) is 5.75. The smallest absolute Gasteiger partial charge is 0.137 e. The summed E-state index contributed by atoms with van der Waals surface area (Å²) >= 11 is 0. The van der Waals surface area contributed by atoms with E-state index in [0.29, 0.717) is 17.6 Å². The number of carbonyl (C=O) groups excluding carboxylic acids is 1. The highest BCUT2D eigenvalue weighted by molar-refractivity contribution is 5.83. The van der Waals surface area contributed by atoms with Gasteiger partial charge in [-0.1, -0.05) is 19.9 Å². The number of carbonyl (C=O) groups is 1. The zero-order valence-electron chi connectivity index (χ0n) is 9.25. The molecule has 2 fully saturated rings. The van der Waals surface area contributed by atoms with Crippen molar-refractivity contribution in [1.29, 1.82) is 0 Å². The van der Waals surface area contributed by atoms with E-state index >= 15 is 0 Å². The summed E-state index contributed by atoms with van der Waals surface area (Å²) in [6, 6.07) is 0. The van der Waals surface area contributed by atoms with Crippen LogP contribution in [0.3, 0.4) is 0 Å². The summed E-state index contributed by atoms with van der Waals surface area (Å²) in [7, 11) is 0. The fourth-order valence-corrected chi connectivity index (χ4v) is 3.55. The van der Waals surface area contributed by atoms with Gasteiger partial charge >= 0.3 is 0 Å². The maximum Gasteiger partial charge on any atom is 0.137 e. The lowest BCUT2D eigenvalue weighted by Crippen LogP contribution is -2.41. The monoisotopic (exact) mass is 192 g/mol. The first kappa shape index (κ1) is 9.95. The predicted octanol–water partition coefficient (Wildman–Crippen LogP) is 3.20. The van der Waals surface area contributed by atoms with Crippen molar-refractivity contribution >= 4 is 5.78 Å². The first-order chi connectivity index (χ1) is 6.59. The highest BCUT2D eigenvalue weighted by Gasteiger charge is 2.52. The number of hydrogen-bond donors (Lipinski definition) is 0. The third-order valence-corrected chi connectivity index (χ3v) is 4.75. The molecule has 2 saturated carbocycles. The third-order valence-electron chi connectivity index (χ3n) is 4.75. The van der Waals surface area contributed by atoms with E-state index in [1.807, 2.05) is 6.08 Å². The van der Waals surface area contributed by atoms with Crippen molar-refractivity contribution in [3.05, 3.63) is 12.7 Å². The summed E-state index contributed by atoms with van der Waals surface area (Å²) in [4.78, 5) is 11.9. The van der Waals surface area contributed by atoms with E-state index in [1.54, 1.807) is 0 Å². The van der Waals surface area contributed by atoms with E-state index in [9.17, 15) is 4.79 Å². The number of fused-ring (bicyclic) bond motifs is 1. The first-order valence-electron chi connectivity index (χ1n) is 5.75. The van der Waals surface area contributed by atoms with Crippen LogP contribution < -0.4 is 0 Å². The van der Waals surface area contributed by atoms with Gasteiger partial charge in [0.15, 0.2) is 0 Å². The molecule has 0 bridgehead atoms. The van der Waals surface area contributed by atoms with Gasteiger partial charge in [0.25, 0.3) is 0 Å². The maximum absolute atomic E-state index is 11.9. The van der Waals surface area contributed by atoms with Crippen LogP contribution in [0.1, 0.15) is 39.5 Å². The topological polar surface area (TPSA) is 17.1 Å². The van der Waals surface area contributed by atoms with E-state index < -0.39 is 0 Å². The van der Waals surface area contributed by atoms with E-state index in [0.717, 1.165) is 12.8 Å². The van der Waals surface area contributed by atoms with Gasteiger partial charge in [-0.25, -0.2) is 0 Å². The lowest BCUT2D eigenvalue weighted by Gasteiger charge is -2.42. The fourth-order valence-electron chi connectivity index (χ4n) is 3.55. The Morgan fingerprint density at radius 3 is 2.86 bits per heavy atom. The van der Waals surface area contributed by atoms with Crippen LogP contribution in [0, 0.1) is 23.2 Å². The normalized spacial score (nSPS) is 47.6. The number of rotatable bonds is 1. The molecule has 2 aliphatic rings. The second-order valence-electron chi connectivity index (χ2n) is 5.33. The molecule has 2 rings (SSSR count). The van der Waals surface area contributed by atoms with Crippen molar-refractivity contribution in [2.75, 3.05) is 0 Å². The Morgan fingerprint density at radius 1 is 1.50 bits per heavy atom. The van der Waals surface area contributed by atoms with Crippen molar-refractivity contribution in [1.82, 2.24) is 0 Å². The Labute approximate surface area is 86.6 Å². The molecule has 1 heteroatoms. The van der Waals surface area contributed by atoms with Crippen LogP contribution in [-0.4, -0.2) is 5.78 Å². The Morgan fingerprint density at radius 2 is 2.21 bits per heavy atom. The Bertz CT molecular complexity index is 268. The summed E-state index contributed by atoms with van der Waals surface area (Å²) in [5, 5.41) is 0. The zero-order chi connectivity index (χ0) is 10.3. The molecule has 0 aromatic rings. The van der Waals surface area contributed by atoms with Crippen molar-refractivity contribution in [2.45, 2.75) is 39.5 Å². The highest BCUT2D eigenvalue weighted by atomic mass is 16.1. The third kappa shape index (κ3) is 1.18. The molecule has 0 aromatic heterocycles. The maximum atomic E-state index is 11.9. The van der Waals surface area contributed by atoms with Gasteiger partial charge in [-0.15, -0.1) is 6.58 Å². The van der Waals surface area contributed by atoms with Crippen molar-refractivity contribution in [3.63, 3.8) is 0 Å². The van der Waals surface area contributed by atoms with Gasteiger partial charge in [0.2, 0.25) is 0 Å². The number of hydrogen-bond acceptors (Lipinski definition) is 1. The molecule has 0 N–H and O–H groups in total. The second-order valence-corrected chi connectivity index (χ2v) is 5.33. The predicted molar refractivity (Wildman–Crippen MR) is 57.9 cm³/mol. The van der Waals surface area contributed by atoms with Crippen LogP contribution in [0.25, 0.3) is 0 Å². The SMILES string of the molecule is C=C[C@@H]1CC[C@@]2(C)C1C(=O)CC[C@@H]2C. The molecule has 1 nitrogen and oxygen atoms in total. The lowest BCUT2D eigenvalue weighted by molar-refractivity contribution is -0.132. The van der Waals surface area contributed by atoms with Crippen molar-refractivity contribution in [3.8, 4) is 0 Å². The summed E-state index contributed by atoms with van der Waals surface area (Å²) in [6.45, 7) is 8.49. The summed E-state index contributed by atoms with van der Waals surface area (Å²) < 4.78 is 0. The molecule has 0 spiro atoms. The molecule has 0 radical (unpaired) electrons. The van der Waals surface area contributed by atoms with Crippen LogP contribution in [0.4, 0.5) is 0 Å². The minimum atomic E-state index is 0.272. The minimum Gasteiger partial charge on any atom is -0.299 e. The summed E-state index contributed by atoms with van der Waals surface area (Å²) in [6.07, 6.45) is 6.27. The molecule has 2 aliphatic carbocycles. The molecular weight excluding hydrogens is 172 g/mol. The molecule has 1 unspecified atom stereocenters. The number of Topliss-reactive ketones (excluding diaryl/α,β-unsaturated/α-hetero) is 1. The summed E-state index contributed by atoms with van der Waals surface area (Å²) in [5.41, 5.74) is 0.272. The van der Waals surface area contributed by atoms with Crippen molar-refractivity contribution < 1.29 is 4.79 Å². The molecule has 0 aliphatic heterocycles. The Balaban J connectivity index is 2.33. The standard InChI is InChI=1S/C13H20O/c1-4-10-7-8-13(3)9(2)5-6-11(14)12(10)13/h4,9-10,12H,1,5-8H2,2-3H3/t9-,10+,12?,13+/m0/s1. The molecule has 0 aromatic carbocycles. The Kier molecular flexibility index (Phi) is 2.29. The summed E-state index contributed by atoms with van der Waals surface area (Å²) in [5.74, 6) is 1.93. The fraction of sp³-hybridized carbons (Fsp3) is 0.769. The van der Waals surface area contributed by atoms with Crippen LogP contribution >= 0.6 is 0 Å². The molecule has 14 heavy (non-hydrogen) atoms. The van der Waals surface area contributed by atoms with Crippen LogP contribution in [0.2, 0.25) is 0 Å². The van der Waals surface area contributed by atoms with Gasteiger partial charge < -0.3 is 0 Å². The van der Waals surface area contributed by atoms with Crippen LogP contribution in [0.5, 0.6) is 0 Å². The number of allylic oxidation sites excluding steroid dienone is 1. The largest absolute Gasteiger partial charge is 0.299 e. The lowest BCUT2D eigenvalue weighted by atomic mass is 9.61. The zero-order valence-corrected chi connectivity index (χ0v) is 9.25.